The Morgan fingerprint density at radius 2 is 0.833 bits per heavy atom. The molecular weight excluding hydrogens is 919 g/mol. The van der Waals surface area contributed by atoms with E-state index < -0.39 is 0 Å². The highest BCUT2D eigenvalue weighted by Gasteiger charge is 2.50. The standard InChI is InChI=1S/2C18H29N3O3.C18H27N3O3/c3*1-2-24-17(23)21-13-3-4-14(21)10-15(9-13)20-7-5-18(6-8-20)11-16(22)19-12-18/h2*13-15H,2-12H2,1H3,(H,19,22);9,13-14H,2-8,10-12H2,1H3,(H,19,22)/t2*13-,14+,15?;. The number of nitrogens with one attached hydrogen (secondary N) is 3. The van der Waals surface area contributed by atoms with Gasteiger partial charge in [0.25, 0.3) is 0 Å². The van der Waals surface area contributed by atoms with E-state index in [1.807, 2.05) is 35.5 Å². The molecule has 72 heavy (non-hydrogen) atoms. The molecule has 18 nitrogen and oxygen atoms in total. The van der Waals surface area contributed by atoms with E-state index in [0.29, 0.717) is 81.4 Å². The molecule has 8 atom stereocenters. The normalized spacial score (nSPS) is 33.9. The lowest BCUT2D eigenvalue weighted by atomic mass is 9.77. The molecule has 0 aliphatic carbocycles. The van der Waals surface area contributed by atoms with Crippen LogP contribution in [0, 0.1) is 16.2 Å². The smallest absolute Gasteiger partial charge is 0.410 e. The molecule has 400 valence electrons. The van der Waals surface area contributed by atoms with Gasteiger partial charge >= 0.3 is 18.3 Å². The number of carbonyl (C=O) groups is 6. The molecule has 0 aromatic carbocycles. The molecule has 0 aromatic rings. The SMILES string of the molecule is CCOC(=O)N1C2C=C(N3CCC4(CC3)CNC(=O)C4)CC1CC2.CCOC(=O)N1[C@@H]2CC[C@H]1CC(N1CCC3(CC1)CNC(=O)C3)C2.CCOC(=O)N1[C@@H]2CC[C@H]1CC(N1CCC3(CC1)CNC(=O)C3)C2. The summed E-state index contributed by atoms with van der Waals surface area (Å²) in [5.41, 5.74) is 2.03. The minimum Gasteiger partial charge on any atom is -0.450 e. The number of piperidine rings is 5. The summed E-state index contributed by atoms with van der Waals surface area (Å²) in [6.45, 7) is 16.0. The van der Waals surface area contributed by atoms with E-state index >= 15 is 0 Å². The topological polar surface area (TPSA) is 186 Å². The van der Waals surface area contributed by atoms with Gasteiger partial charge in [0.1, 0.15) is 0 Å². The third-order valence-electron chi connectivity index (χ3n) is 19.8. The Balaban J connectivity index is 0.000000124. The fourth-order valence-electron chi connectivity index (χ4n) is 15.7. The minimum atomic E-state index is -0.159. The Morgan fingerprint density at radius 1 is 0.486 bits per heavy atom. The second-order valence-electron chi connectivity index (χ2n) is 23.9. The average molecular weight is 1000 g/mol. The predicted molar refractivity (Wildman–Crippen MR) is 268 cm³/mol. The highest BCUT2D eigenvalue weighted by atomic mass is 16.6. The van der Waals surface area contributed by atoms with Crippen molar-refractivity contribution < 1.29 is 43.0 Å². The molecule has 0 radical (unpaired) electrons. The molecule has 6 amide bonds. The number of rotatable bonds is 6. The average Bonchev–Trinajstić information content (AvgIpc) is 4.20. The number of nitrogens with zero attached hydrogens (tertiary/aromatic N) is 6. The summed E-state index contributed by atoms with van der Waals surface area (Å²) in [6.07, 6.45) is 22.6. The first-order valence-corrected chi connectivity index (χ1v) is 28.4. The van der Waals surface area contributed by atoms with Gasteiger partial charge in [-0.1, -0.05) is 0 Å². The lowest BCUT2D eigenvalue weighted by molar-refractivity contribution is -0.120. The van der Waals surface area contributed by atoms with E-state index in [1.165, 1.54) is 5.70 Å². The van der Waals surface area contributed by atoms with Crippen LogP contribution in [-0.4, -0.2) is 192 Å². The van der Waals surface area contributed by atoms with Crippen molar-refractivity contribution >= 4 is 36.0 Å². The van der Waals surface area contributed by atoms with Gasteiger partial charge in [-0.15, -0.1) is 0 Å². The predicted octanol–water partition coefficient (Wildman–Crippen LogP) is 5.35. The van der Waals surface area contributed by atoms with E-state index in [0.717, 1.165) is 168 Å². The number of hydrogen-bond donors (Lipinski definition) is 3. The first kappa shape index (κ1) is 51.2. The van der Waals surface area contributed by atoms with Gasteiger partial charge in [0.15, 0.2) is 0 Å². The van der Waals surface area contributed by atoms with E-state index in [2.05, 4.69) is 36.7 Å². The Kier molecular flexibility index (Phi) is 15.3. The Bertz CT molecular complexity index is 1930. The van der Waals surface area contributed by atoms with Crippen LogP contribution in [0.4, 0.5) is 14.4 Å². The summed E-state index contributed by atoms with van der Waals surface area (Å²) >= 11 is 0. The van der Waals surface area contributed by atoms with Crippen molar-refractivity contribution in [3.63, 3.8) is 0 Å². The number of ether oxygens (including phenoxy) is 3. The number of amides is 6. The van der Waals surface area contributed by atoms with Gasteiger partial charge in [0.05, 0.1) is 25.9 Å². The molecule has 12 heterocycles. The van der Waals surface area contributed by atoms with Crippen LogP contribution < -0.4 is 16.0 Å². The van der Waals surface area contributed by atoms with Crippen LogP contribution in [0.2, 0.25) is 0 Å². The van der Waals surface area contributed by atoms with Gasteiger partial charge in [-0.2, -0.15) is 0 Å². The van der Waals surface area contributed by atoms with Crippen molar-refractivity contribution in [3.8, 4) is 0 Å². The monoisotopic (exact) mass is 1000 g/mol. The van der Waals surface area contributed by atoms with Gasteiger partial charge in [-0.3, -0.25) is 19.3 Å². The largest absolute Gasteiger partial charge is 0.450 e. The summed E-state index contributed by atoms with van der Waals surface area (Å²) in [7, 11) is 0. The Morgan fingerprint density at radius 3 is 1.17 bits per heavy atom. The number of hydrogen-bond acceptors (Lipinski definition) is 12. The minimum absolute atomic E-state index is 0.114. The Labute approximate surface area is 427 Å². The lowest BCUT2D eigenvalue weighted by Crippen LogP contribution is -2.54. The molecule has 12 rings (SSSR count). The second-order valence-corrected chi connectivity index (χ2v) is 23.9. The second kappa shape index (κ2) is 21.5. The van der Waals surface area contributed by atoms with Crippen molar-refractivity contribution in [3.05, 3.63) is 11.8 Å². The first-order chi connectivity index (χ1) is 34.8. The fraction of sp³-hybridized carbons (Fsp3) is 0.852. The fourth-order valence-corrected chi connectivity index (χ4v) is 15.7. The van der Waals surface area contributed by atoms with Crippen LogP contribution in [0.5, 0.6) is 0 Å². The molecule has 0 aromatic heterocycles. The molecule has 11 saturated heterocycles. The lowest BCUT2D eigenvalue weighted by Gasteiger charge is -2.46. The van der Waals surface area contributed by atoms with Gasteiger partial charge in [0, 0.05) is 106 Å². The molecule has 3 spiro atoms. The van der Waals surface area contributed by atoms with Crippen molar-refractivity contribution in [1.29, 1.82) is 0 Å². The molecule has 4 unspecified atom stereocenters. The number of carbonyl (C=O) groups excluding carboxylic acids is 6. The molecule has 12 aliphatic rings. The highest BCUT2D eigenvalue weighted by molar-refractivity contribution is 5.80. The third kappa shape index (κ3) is 10.6. The molecule has 18 heteroatoms. The van der Waals surface area contributed by atoms with Crippen molar-refractivity contribution in [1.82, 2.24) is 45.3 Å². The summed E-state index contributed by atoms with van der Waals surface area (Å²) < 4.78 is 15.7. The maximum absolute atomic E-state index is 12.2. The van der Waals surface area contributed by atoms with Crippen molar-refractivity contribution in [2.75, 3.05) is 78.7 Å². The summed E-state index contributed by atoms with van der Waals surface area (Å²) in [5.74, 6) is 0.664. The van der Waals surface area contributed by atoms with Gasteiger partial charge in [0.2, 0.25) is 17.7 Å². The molecular formula is C54H85N9O9. The molecule has 11 fully saturated rings. The van der Waals surface area contributed by atoms with Crippen molar-refractivity contribution in [2.24, 2.45) is 16.2 Å². The van der Waals surface area contributed by atoms with Gasteiger partial charge in [-0.25, -0.2) is 14.4 Å². The van der Waals surface area contributed by atoms with E-state index in [-0.39, 0.29) is 58.3 Å². The maximum Gasteiger partial charge on any atom is 0.410 e. The van der Waals surface area contributed by atoms with Crippen LogP contribution in [0.25, 0.3) is 0 Å². The van der Waals surface area contributed by atoms with Crippen LogP contribution in [0.1, 0.15) is 149 Å². The summed E-state index contributed by atoms with van der Waals surface area (Å²) in [4.78, 5) is 85.0. The van der Waals surface area contributed by atoms with Crippen LogP contribution in [-0.2, 0) is 28.6 Å². The van der Waals surface area contributed by atoms with Gasteiger partial charge < -0.3 is 54.7 Å². The summed E-state index contributed by atoms with van der Waals surface area (Å²) in [6, 6.07) is 3.11. The number of likely N-dealkylation sites (tertiary alicyclic amines) is 3. The Hall–Kier alpha value is -4.32. The van der Waals surface area contributed by atoms with Crippen LogP contribution in [0.15, 0.2) is 11.8 Å². The molecule has 12 aliphatic heterocycles. The van der Waals surface area contributed by atoms with E-state index in [4.69, 9.17) is 14.2 Å². The molecule has 6 bridgehead atoms. The van der Waals surface area contributed by atoms with E-state index in [9.17, 15) is 28.8 Å². The first-order valence-electron chi connectivity index (χ1n) is 28.4. The van der Waals surface area contributed by atoms with Gasteiger partial charge in [-0.05, 0) is 172 Å². The number of fused-ring (bicyclic) bond motifs is 6. The zero-order valence-electron chi connectivity index (χ0n) is 43.7. The van der Waals surface area contributed by atoms with Crippen LogP contribution in [0.3, 0.4) is 0 Å². The van der Waals surface area contributed by atoms with Crippen LogP contribution >= 0.6 is 0 Å². The molecule has 3 N–H and O–H groups in total. The van der Waals surface area contributed by atoms with Crippen molar-refractivity contribution in [2.45, 2.75) is 198 Å². The quantitative estimate of drug-likeness (QED) is 0.291. The van der Waals surface area contributed by atoms with E-state index in [1.54, 1.807) is 0 Å². The third-order valence-corrected chi connectivity index (χ3v) is 19.8. The zero-order chi connectivity index (χ0) is 50.2. The highest BCUT2D eigenvalue weighted by Crippen LogP contribution is 2.46. The summed E-state index contributed by atoms with van der Waals surface area (Å²) in [5, 5.41) is 9.03. The maximum atomic E-state index is 12.2. The molecule has 0 saturated carbocycles. The zero-order valence-corrected chi connectivity index (χ0v) is 43.7.